The number of imide groups is 1. The third-order valence-electron chi connectivity index (χ3n) is 7.66. The molecule has 40 heavy (non-hydrogen) atoms. The number of rotatable bonds is 7. The summed E-state index contributed by atoms with van der Waals surface area (Å²) in [6.45, 7) is -0.759. The summed E-state index contributed by atoms with van der Waals surface area (Å²) in [6.07, 6.45) is 1.05. The van der Waals surface area contributed by atoms with Gasteiger partial charge >= 0.3 is 11.9 Å². The number of aromatic hydroxyl groups is 1. The monoisotopic (exact) mass is 552 g/mol. The highest BCUT2D eigenvalue weighted by molar-refractivity contribution is 6.17. The first kappa shape index (κ1) is 25.3. The van der Waals surface area contributed by atoms with E-state index in [1.165, 1.54) is 14.2 Å². The molecule has 13 nitrogen and oxygen atoms in total. The second kappa shape index (κ2) is 9.36. The fourth-order valence-electron chi connectivity index (χ4n) is 5.91. The molecule has 1 aliphatic carbocycles. The molecule has 3 heterocycles. The van der Waals surface area contributed by atoms with E-state index >= 15 is 0 Å². The molecule has 0 unspecified atom stereocenters. The van der Waals surface area contributed by atoms with Crippen LogP contribution in [0, 0.1) is 11.8 Å². The molecule has 13 heteroatoms. The van der Waals surface area contributed by atoms with Crippen molar-refractivity contribution in [3.8, 4) is 28.7 Å². The zero-order valence-electron chi connectivity index (χ0n) is 21.3. The summed E-state index contributed by atoms with van der Waals surface area (Å²) >= 11 is 0. The normalized spacial score (nSPS) is 24.3. The van der Waals surface area contributed by atoms with Gasteiger partial charge in [0.1, 0.15) is 12.2 Å². The molecular formula is C27H24N2O11. The van der Waals surface area contributed by atoms with E-state index in [0.717, 1.165) is 6.08 Å². The number of amides is 2. The molecule has 0 radical (unpaired) electrons. The Labute approximate surface area is 226 Å². The van der Waals surface area contributed by atoms with Gasteiger partial charge in [0.2, 0.25) is 12.5 Å². The first-order valence-corrected chi connectivity index (χ1v) is 12.3. The largest absolute Gasteiger partial charge is 0.502 e. The van der Waals surface area contributed by atoms with Gasteiger partial charge in [-0.1, -0.05) is 0 Å². The van der Waals surface area contributed by atoms with Gasteiger partial charge in [-0.25, -0.2) is 0 Å². The summed E-state index contributed by atoms with van der Waals surface area (Å²) in [5.41, 5.74) is 1.84. The van der Waals surface area contributed by atoms with Crippen LogP contribution in [0.15, 0.2) is 36.0 Å². The van der Waals surface area contributed by atoms with Crippen LogP contribution in [-0.2, 0) is 23.9 Å². The van der Waals surface area contributed by atoms with Crippen molar-refractivity contribution in [2.45, 2.75) is 12.0 Å². The van der Waals surface area contributed by atoms with Crippen LogP contribution in [-0.4, -0.2) is 73.0 Å². The summed E-state index contributed by atoms with van der Waals surface area (Å²) in [5.74, 6) is -4.14. The maximum absolute atomic E-state index is 13.3. The highest BCUT2D eigenvalue weighted by atomic mass is 16.7. The molecule has 1 fully saturated rings. The quantitative estimate of drug-likeness (QED) is 0.330. The van der Waals surface area contributed by atoms with Crippen LogP contribution in [0.5, 0.6) is 28.7 Å². The smallest absolute Gasteiger partial charge is 0.323 e. The number of carbonyl (C=O) groups is 4. The predicted octanol–water partition coefficient (Wildman–Crippen LogP) is 1.04. The third kappa shape index (κ3) is 3.84. The molecule has 0 bridgehead atoms. The Balaban J connectivity index is 1.49. The van der Waals surface area contributed by atoms with Crippen molar-refractivity contribution < 1.29 is 53.1 Å². The minimum Gasteiger partial charge on any atom is -0.502 e. The Hall–Kier alpha value is -4.94. The summed E-state index contributed by atoms with van der Waals surface area (Å²) in [4.78, 5) is 50.4. The second-order valence-corrected chi connectivity index (χ2v) is 9.71. The maximum atomic E-state index is 13.3. The topological polar surface area (TPSA) is 170 Å². The molecule has 2 aromatic rings. The molecule has 3 N–H and O–H groups in total. The minimum atomic E-state index is -1.33. The third-order valence-corrected chi connectivity index (χ3v) is 7.66. The van der Waals surface area contributed by atoms with E-state index in [0.29, 0.717) is 33.1 Å². The number of phenolic OH excluding ortho intramolecular Hbond substituents is 1. The van der Waals surface area contributed by atoms with E-state index in [-0.39, 0.29) is 36.3 Å². The van der Waals surface area contributed by atoms with Crippen molar-refractivity contribution in [2.24, 2.45) is 11.8 Å². The Morgan fingerprint density at radius 3 is 2.30 bits per heavy atom. The lowest BCUT2D eigenvalue weighted by Gasteiger charge is -2.40. The number of nitrogens with one attached hydrogen (secondary N) is 1. The lowest BCUT2D eigenvalue weighted by Crippen LogP contribution is -2.43. The highest BCUT2D eigenvalue weighted by Gasteiger charge is 2.53. The van der Waals surface area contributed by atoms with E-state index in [1.807, 2.05) is 0 Å². The van der Waals surface area contributed by atoms with Gasteiger partial charge in [0, 0.05) is 17.9 Å². The summed E-state index contributed by atoms with van der Waals surface area (Å²) in [6, 6.07) is 6.08. The van der Waals surface area contributed by atoms with E-state index in [2.05, 4.69) is 5.32 Å². The fourth-order valence-corrected chi connectivity index (χ4v) is 5.91. The number of esters is 1. The number of carbonyl (C=O) groups excluding carboxylic acids is 3. The van der Waals surface area contributed by atoms with Gasteiger partial charge in [0.25, 0.3) is 11.8 Å². The number of aliphatic carboxylic acids is 1. The van der Waals surface area contributed by atoms with Crippen LogP contribution in [0.4, 0.5) is 0 Å². The molecule has 1 saturated heterocycles. The van der Waals surface area contributed by atoms with Gasteiger partial charge in [-0.3, -0.25) is 24.1 Å². The number of hydrogen-bond donors (Lipinski definition) is 3. The molecule has 2 amide bonds. The van der Waals surface area contributed by atoms with Gasteiger partial charge in [-0.05, 0) is 41.0 Å². The first-order chi connectivity index (χ1) is 19.2. The number of benzene rings is 2. The number of methoxy groups -OCH3 is 2. The summed E-state index contributed by atoms with van der Waals surface area (Å²) in [7, 11) is 2.80. The molecule has 3 aliphatic heterocycles. The molecular weight excluding hydrogens is 528 g/mol. The SMILES string of the molecule is COc1cc([C@@H]2c3cc4c(cc3[C@@H](NC3=CC(=O)N(CC(=O)O)C3=O)[C@H]3COC(=O)[C@H]23)OCO4)cc(OC)c1O. The van der Waals surface area contributed by atoms with E-state index in [9.17, 15) is 24.3 Å². The number of fused-ring (bicyclic) bond motifs is 3. The van der Waals surface area contributed by atoms with E-state index < -0.39 is 54.1 Å². The molecule has 6 rings (SSSR count). The molecule has 0 saturated carbocycles. The van der Waals surface area contributed by atoms with Crippen LogP contribution in [0.3, 0.4) is 0 Å². The number of carboxylic acids is 1. The van der Waals surface area contributed by atoms with Crippen molar-refractivity contribution in [1.29, 1.82) is 0 Å². The zero-order chi connectivity index (χ0) is 28.3. The Kier molecular flexibility index (Phi) is 5.93. The summed E-state index contributed by atoms with van der Waals surface area (Å²) < 4.78 is 27.5. The van der Waals surface area contributed by atoms with Crippen LogP contribution in [0.2, 0.25) is 0 Å². The van der Waals surface area contributed by atoms with Gasteiger partial charge in [-0.2, -0.15) is 0 Å². The molecule has 0 aromatic heterocycles. The van der Waals surface area contributed by atoms with Crippen molar-refractivity contribution in [2.75, 3.05) is 34.2 Å². The number of carboxylic acid groups (broad SMARTS) is 1. The fraction of sp³-hybridized carbons (Fsp3) is 0.333. The first-order valence-electron chi connectivity index (χ1n) is 12.3. The standard InChI is InChI=1S/C27H24N2O11/c1-36-18-3-11(4-19(37-2)25(18)33)22-12-5-16-17(40-10-39-16)6-13(12)24(14-9-38-27(35)23(14)22)28-15-7-20(30)29(26(15)34)8-21(31)32/h3-7,14,22-24,28,33H,8-10H2,1-2H3,(H,31,32)/t14-,22+,23-,24+/m0/s1. The molecule has 0 spiro atoms. The highest BCUT2D eigenvalue weighted by Crippen LogP contribution is 2.55. The number of phenols is 1. The average molecular weight is 552 g/mol. The van der Waals surface area contributed by atoms with Crippen molar-refractivity contribution >= 4 is 23.8 Å². The number of nitrogens with zero attached hydrogens (tertiary/aromatic N) is 1. The van der Waals surface area contributed by atoms with E-state index in [1.54, 1.807) is 24.3 Å². The van der Waals surface area contributed by atoms with E-state index in [4.69, 9.17) is 28.8 Å². The minimum absolute atomic E-state index is 0.000961. The predicted molar refractivity (Wildman–Crippen MR) is 132 cm³/mol. The number of hydrogen-bond acceptors (Lipinski definition) is 11. The molecule has 208 valence electrons. The number of ether oxygens (including phenoxy) is 5. The zero-order valence-corrected chi connectivity index (χ0v) is 21.3. The lowest BCUT2D eigenvalue weighted by atomic mass is 9.65. The summed E-state index contributed by atoms with van der Waals surface area (Å²) in [5, 5.41) is 22.7. The van der Waals surface area contributed by atoms with Crippen LogP contribution < -0.4 is 24.3 Å². The van der Waals surface area contributed by atoms with Gasteiger partial charge < -0.3 is 39.2 Å². The lowest BCUT2D eigenvalue weighted by molar-refractivity contribution is -0.147. The van der Waals surface area contributed by atoms with Gasteiger partial charge in [0.15, 0.2) is 23.0 Å². The molecule has 4 atom stereocenters. The van der Waals surface area contributed by atoms with Crippen molar-refractivity contribution in [3.05, 3.63) is 52.7 Å². The van der Waals surface area contributed by atoms with Gasteiger partial charge in [0.05, 0.1) is 32.8 Å². The number of cyclic esters (lactones) is 1. The average Bonchev–Trinajstić information content (AvgIpc) is 3.62. The Bertz CT molecular complexity index is 1470. The van der Waals surface area contributed by atoms with Gasteiger partial charge in [-0.15, -0.1) is 0 Å². The van der Waals surface area contributed by atoms with Crippen LogP contribution in [0.25, 0.3) is 0 Å². The van der Waals surface area contributed by atoms with Crippen molar-refractivity contribution in [1.82, 2.24) is 10.2 Å². The Morgan fingerprint density at radius 1 is 1.02 bits per heavy atom. The van der Waals surface area contributed by atoms with Crippen LogP contribution >= 0.6 is 0 Å². The van der Waals surface area contributed by atoms with Crippen molar-refractivity contribution in [3.63, 3.8) is 0 Å². The molecule has 2 aromatic carbocycles. The Morgan fingerprint density at radius 2 is 1.68 bits per heavy atom. The second-order valence-electron chi connectivity index (χ2n) is 9.71. The maximum Gasteiger partial charge on any atom is 0.323 e. The molecule has 4 aliphatic rings. The van der Waals surface area contributed by atoms with Crippen LogP contribution in [0.1, 0.15) is 28.7 Å².